The number of nitrogens with one attached hydrogen (secondary N) is 1. The van der Waals surface area contributed by atoms with E-state index in [1.807, 2.05) is 12.1 Å². The molecule has 0 bridgehead atoms. The average molecular weight is 397 g/mol. The van der Waals surface area contributed by atoms with Crippen molar-refractivity contribution in [2.24, 2.45) is 5.92 Å². The van der Waals surface area contributed by atoms with Gasteiger partial charge in [-0.1, -0.05) is 31.5 Å². The fraction of sp³-hybridized carbons (Fsp3) is 0.333. The van der Waals surface area contributed by atoms with Crippen LogP contribution in [0.15, 0.2) is 42.7 Å². The topological polar surface area (TPSA) is 85.4 Å². The zero-order chi connectivity index (χ0) is 19.2. The van der Waals surface area contributed by atoms with E-state index in [0.717, 1.165) is 5.56 Å². The Balaban J connectivity index is 1.95. The van der Waals surface area contributed by atoms with E-state index in [1.54, 1.807) is 38.4 Å². The Morgan fingerprint density at radius 3 is 2.69 bits per heavy atom. The highest BCUT2D eigenvalue weighted by Gasteiger charge is 2.18. The summed E-state index contributed by atoms with van der Waals surface area (Å²) in [7, 11) is -3.43. The number of pyridine rings is 1. The molecule has 1 amide bonds. The van der Waals surface area contributed by atoms with Gasteiger partial charge in [0.2, 0.25) is 5.91 Å². The highest BCUT2D eigenvalue weighted by molar-refractivity contribution is 7.92. The van der Waals surface area contributed by atoms with Gasteiger partial charge in [0, 0.05) is 23.6 Å². The van der Waals surface area contributed by atoms with Crippen LogP contribution in [0.4, 0.5) is 5.69 Å². The Labute approximate surface area is 158 Å². The summed E-state index contributed by atoms with van der Waals surface area (Å²) in [5.74, 6) is -0.741. The van der Waals surface area contributed by atoms with Gasteiger partial charge in [-0.25, -0.2) is 8.42 Å². The summed E-state index contributed by atoms with van der Waals surface area (Å²) in [6, 6.07) is 8.45. The van der Waals surface area contributed by atoms with Crippen molar-refractivity contribution in [2.75, 3.05) is 16.8 Å². The minimum Gasteiger partial charge on any atom is -0.487 e. The fourth-order valence-electron chi connectivity index (χ4n) is 2.30. The van der Waals surface area contributed by atoms with Crippen molar-refractivity contribution in [1.29, 1.82) is 0 Å². The first-order valence-corrected chi connectivity index (χ1v) is 10.3. The standard InChI is InChI=1S/C18H21ClN2O4S/c1-13(2)11-26(23,24)12-18(22)21-15-5-6-17(16(19)8-15)25-10-14-4-3-7-20-9-14/h3-9,13H,10-12H2,1-2H3,(H,21,22). The molecule has 1 aromatic carbocycles. The van der Waals surface area contributed by atoms with Crippen LogP contribution in [0.1, 0.15) is 19.4 Å². The van der Waals surface area contributed by atoms with Gasteiger partial charge in [0.25, 0.3) is 0 Å². The number of ether oxygens (including phenoxy) is 1. The van der Waals surface area contributed by atoms with E-state index in [1.165, 1.54) is 6.07 Å². The number of sulfone groups is 1. The molecule has 8 heteroatoms. The molecule has 0 aliphatic carbocycles. The van der Waals surface area contributed by atoms with E-state index < -0.39 is 21.5 Å². The number of amides is 1. The molecule has 2 aromatic rings. The highest BCUT2D eigenvalue weighted by Crippen LogP contribution is 2.28. The quantitative estimate of drug-likeness (QED) is 0.739. The number of rotatable bonds is 8. The zero-order valence-electron chi connectivity index (χ0n) is 14.6. The van der Waals surface area contributed by atoms with E-state index in [-0.39, 0.29) is 11.7 Å². The van der Waals surface area contributed by atoms with Crippen LogP contribution in [0.3, 0.4) is 0 Å². The van der Waals surface area contributed by atoms with Gasteiger partial charge >= 0.3 is 0 Å². The molecule has 1 heterocycles. The van der Waals surface area contributed by atoms with Crippen molar-refractivity contribution in [3.63, 3.8) is 0 Å². The van der Waals surface area contributed by atoms with Crippen LogP contribution in [-0.4, -0.2) is 30.8 Å². The molecular formula is C18H21ClN2O4S. The lowest BCUT2D eigenvalue weighted by molar-refractivity contribution is -0.113. The normalized spacial score (nSPS) is 11.4. The number of halogens is 1. The molecule has 0 unspecified atom stereocenters. The summed E-state index contributed by atoms with van der Waals surface area (Å²) in [6.07, 6.45) is 3.37. The minimum atomic E-state index is -3.43. The van der Waals surface area contributed by atoms with Crippen molar-refractivity contribution in [1.82, 2.24) is 4.98 Å². The Morgan fingerprint density at radius 1 is 1.31 bits per heavy atom. The number of nitrogens with zero attached hydrogens (tertiary/aromatic N) is 1. The van der Waals surface area contributed by atoms with Crippen molar-refractivity contribution in [2.45, 2.75) is 20.5 Å². The summed E-state index contributed by atoms with van der Waals surface area (Å²) in [5, 5.41) is 2.86. The smallest absolute Gasteiger partial charge is 0.239 e. The summed E-state index contributed by atoms with van der Waals surface area (Å²) in [4.78, 5) is 15.9. The first kappa shape index (κ1) is 20.2. The third-order valence-electron chi connectivity index (χ3n) is 3.27. The van der Waals surface area contributed by atoms with Gasteiger partial charge in [-0.2, -0.15) is 0 Å². The second-order valence-corrected chi connectivity index (χ2v) is 8.81. The predicted molar refractivity (Wildman–Crippen MR) is 102 cm³/mol. The van der Waals surface area contributed by atoms with E-state index >= 15 is 0 Å². The molecule has 0 radical (unpaired) electrons. The molecule has 0 saturated heterocycles. The number of hydrogen-bond donors (Lipinski definition) is 1. The molecule has 1 aromatic heterocycles. The molecule has 0 aliphatic rings. The first-order chi connectivity index (χ1) is 12.2. The van der Waals surface area contributed by atoms with E-state index in [4.69, 9.17) is 16.3 Å². The van der Waals surface area contributed by atoms with Gasteiger partial charge < -0.3 is 10.1 Å². The summed E-state index contributed by atoms with van der Waals surface area (Å²) in [6.45, 7) is 3.89. The summed E-state index contributed by atoms with van der Waals surface area (Å²) >= 11 is 6.17. The Bertz CT molecular complexity index is 855. The monoisotopic (exact) mass is 396 g/mol. The molecule has 0 fully saturated rings. The van der Waals surface area contributed by atoms with Crippen molar-refractivity contribution in [3.05, 3.63) is 53.3 Å². The molecular weight excluding hydrogens is 376 g/mol. The maximum Gasteiger partial charge on any atom is 0.239 e. The van der Waals surface area contributed by atoms with Crippen LogP contribution in [0.5, 0.6) is 5.75 Å². The largest absolute Gasteiger partial charge is 0.487 e. The first-order valence-electron chi connectivity index (χ1n) is 8.07. The van der Waals surface area contributed by atoms with Crippen LogP contribution in [0, 0.1) is 5.92 Å². The Kier molecular flexibility index (Phi) is 6.99. The molecule has 6 nitrogen and oxygen atoms in total. The molecule has 0 aliphatic heterocycles. The number of benzene rings is 1. The number of hydrogen-bond acceptors (Lipinski definition) is 5. The number of carbonyl (C=O) groups excluding carboxylic acids is 1. The second-order valence-electron chi connectivity index (χ2n) is 6.29. The molecule has 0 saturated carbocycles. The molecule has 140 valence electrons. The maximum absolute atomic E-state index is 11.9. The SMILES string of the molecule is CC(C)CS(=O)(=O)CC(=O)Nc1ccc(OCc2cccnc2)c(Cl)c1. The van der Waals surface area contributed by atoms with Gasteiger partial charge in [0.05, 0.1) is 10.8 Å². The number of carbonyl (C=O) groups is 1. The maximum atomic E-state index is 11.9. The molecule has 2 rings (SSSR count). The highest BCUT2D eigenvalue weighted by atomic mass is 35.5. The molecule has 0 atom stereocenters. The van der Waals surface area contributed by atoms with Crippen LogP contribution >= 0.6 is 11.6 Å². The van der Waals surface area contributed by atoms with Gasteiger partial charge in [-0.3, -0.25) is 9.78 Å². The van der Waals surface area contributed by atoms with Crippen molar-refractivity contribution >= 4 is 33.0 Å². The van der Waals surface area contributed by atoms with Crippen molar-refractivity contribution < 1.29 is 17.9 Å². The molecule has 1 N–H and O–H groups in total. The van der Waals surface area contributed by atoms with Crippen LogP contribution < -0.4 is 10.1 Å². The van der Waals surface area contributed by atoms with Gasteiger partial charge in [-0.05, 0) is 30.2 Å². The zero-order valence-corrected chi connectivity index (χ0v) is 16.2. The van der Waals surface area contributed by atoms with E-state index in [9.17, 15) is 13.2 Å². The molecule has 0 spiro atoms. The van der Waals surface area contributed by atoms with Gasteiger partial charge in [0.15, 0.2) is 9.84 Å². The van der Waals surface area contributed by atoms with Crippen molar-refractivity contribution in [3.8, 4) is 5.75 Å². The lowest BCUT2D eigenvalue weighted by Gasteiger charge is -2.11. The van der Waals surface area contributed by atoms with Gasteiger partial charge in [0.1, 0.15) is 18.1 Å². The summed E-state index contributed by atoms with van der Waals surface area (Å²) in [5.41, 5.74) is 1.31. The lowest BCUT2D eigenvalue weighted by atomic mass is 10.3. The average Bonchev–Trinajstić information content (AvgIpc) is 2.53. The third-order valence-corrected chi connectivity index (χ3v) is 5.44. The Hall–Kier alpha value is -2.12. The van der Waals surface area contributed by atoms with Crippen LogP contribution in [0.25, 0.3) is 0 Å². The second kappa shape index (κ2) is 9.00. The third kappa shape index (κ3) is 6.65. The predicted octanol–water partition coefficient (Wildman–Crippen LogP) is 3.32. The van der Waals surface area contributed by atoms with Gasteiger partial charge in [-0.15, -0.1) is 0 Å². The number of aromatic nitrogens is 1. The van der Waals surface area contributed by atoms with Crippen LogP contribution in [-0.2, 0) is 21.2 Å². The lowest BCUT2D eigenvalue weighted by Crippen LogP contribution is -2.26. The Morgan fingerprint density at radius 2 is 2.08 bits per heavy atom. The number of anilines is 1. The van der Waals surface area contributed by atoms with E-state index in [0.29, 0.717) is 23.1 Å². The summed E-state index contributed by atoms with van der Waals surface area (Å²) < 4.78 is 29.4. The fourth-order valence-corrected chi connectivity index (χ4v) is 4.14. The minimum absolute atomic E-state index is 0.0255. The van der Waals surface area contributed by atoms with E-state index in [2.05, 4.69) is 10.3 Å². The van der Waals surface area contributed by atoms with Crippen LogP contribution in [0.2, 0.25) is 5.02 Å². The molecule has 26 heavy (non-hydrogen) atoms.